The third kappa shape index (κ3) is 5.99. The van der Waals surface area contributed by atoms with Crippen LogP contribution in [-0.4, -0.2) is 94.4 Å². The van der Waals surface area contributed by atoms with E-state index < -0.39 is 35.6 Å². The van der Waals surface area contributed by atoms with Gasteiger partial charge in [0.25, 0.3) is 0 Å². The first kappa shape index (κ1) is 28.4. The summed E-state index contributed by atoms with van der Waals surface area (Å²) in [6.07, 6.45) is -3.71. The minimum atomic E-state index is -4.73. The summed E-state index contributed by atoms with van der Waals surface area (Å²) >= 11 is 0. The number of alkyl halides is 3. The second kappa shape index (κ2) is 10.7. The van der Waals surface area contributed by atoms with Crippen molar-refractivity contribution in [2.45, 2.75) is 50.6 Å². The van der Waals surface area contributed by atoms with E-state index in [-0.39, 0.29) is 55.4 Å². The van der Waals surface area contributed by atoms with E-state index in [1.807, 2.05) is 4.90 Å². The first-order valence-corrected chi connectivity index (χ1v) is 13.0. The van der Waals surface area contributed by atoms with Crippen LogP contribution in [0.5, 0.6) is 0 Å². The van der Waals surface area contributed by atoms with Crippen molar-refractivity contribution < 1.29 is 32.2 Å². The van der Waals surface area contributed by atoms with Crippen LogP contribution in [0, 0.1) is 0 Å². The van der Waals surface area contributed by atoms with Gasteiger partial charge in [0, 0.05) is 25.8 Å². The second-order valence-electron chi connectivity index (χ2n) is 11.0. The van der Waals surface area contributed by atoms with E-state index in [1.165, 1.54) is 37.5 Å². The number of halogens is 3. The maximum Gasteiger partial charge on any atom is 0.410 e. The Hall–Kier alpha value is -4.14. The number of H-pyrrole nitrogens is 1. The number of carbonyl (C=O) groups is 2. The first-order chi connectivity index (χ1) is 19.3. The van der Waals surface area contributed by atoms with Crippen molar-refractivity contribution in [3.05, 3.63) is 41.9 Å². The normalized spacial score (nSPS) is 20.1. The maximum absolute atomic E-state index is 14.6. The predicted molar refractivity (Wildman–Crippen MR) is 143 cm³/mol. The maximum atomic E-state index is 14.6. The Kier molecular flexibility index (Phi) is 7.40. The molecule has 5 rings (SSSR count). The highest BCUT2D eigenvalue weighted by Gasteiger charge is 2.46. The molecule has 0 spiro atoms. The summed E-state index contributed by atoms with van der Waals surface area (Å²) in [4.78, 5) is 36.7. The fourth-order valence-corrected chi connectivity index (χ4v) is 5.08. The third-order valence-corrected chi connectivity index (χ3v) is 6.79. The highest BCUT2D eigenvalue weighted by atomic mass is 19.4. The molecule has 2 aliphatic rings. The number of urea groups is 1. The topological polar surface area (TPSA) is 138 Å². The van der Waals surface area contributed by atoms with Crippen LogP contribution in [0.3, 0.4) is 0 Å². The molecule has 4 heterocycles. The quantitative estimate of drug-likeness (QED) is 0.428. The number of fused-ring (bicyclic) bond motifs is 3. The minimum absolute atomic E-state index is 0.0944. The highest BCUT2D eigenvalue weighted by Crippen LogP contribution is 2.41. The summed E-state index contributed by atoms with van der Waals surface area (Å²) in [7, 11) is 1.43. The molecule has 0 radical (unpaired) electrons. The van der Waals surface area contributed by atoms with Gasteiger partial charge in [0.1, 0.15) is 23.2 Å². The fraction of sp³-hybridized carbons (Fsp3) is 0.500. The van der Waals surface area contributed by atoms with Crippen LogP contribution in [0.15, 0.2) is 30.5 Å². The van der Waals surface area contributed by atoms with Crippen molar-refractivity contribution in [3.8, 4) is 0 Å². The summed E-state index contributed by atoms with van der Waals surface area (Å²) in [6, 6.07) is 4.08. The molecular formula is C26H31F3N8O4. The summed E-state index contributed by atoms with van der Waals surface area (Å²) in [5.74, 6) is -2.32. The lowest BCUT2D eigenvalue weighted by molar-refractivity contribution is -0.142. The van der Waals surface area contributed by atoms with Crippen molar-refractivity contribution in [3.63, 3.8) is 0 Å². The number of hydrogen-bond acceptors (Lipinski definition) is 8. The number of rotatable bonds is 4. The Morgan fingerprint density at radius 3 is 2.34 bits per heavy atom. The van der Waals surface area contributed by atoms with Gasteiger partial charge in [-0.1, -0.05) is 12.1 Å². The van der Waals surface area contributed by atoms with Crippen LogP contribution in [-0.2, 0) is 9.47 Å². The Balaban J connectivity index is 1.51. The highest BCUT2D eigenvalue weighted by molar-refractivity contribution is 5.89. The van der Waals surface area contributed by atoms with E-state index >= 15 is 0 Å². The zero-order valence-electron chi connectivity index (χ0n) is 23.0. The van der Waals surface area contributed by atoms with Crippen LogP contribution in [0.2, 0.25) is 0 Å². The average molecular weight is 577 g/mol. The van der Waals surface area contributed by atoms with Crippen LogP contribution in [0.4, 0.5) is 34.3 Å². The average Bonchev–Trinajstić information content (AvgIpc) is 3.35. The molecule has 2 bridgehead atoms. The standard InChI is InChI=1S/C26H31F3N8O4/c1-25(2,3)41-24(39)36-10-16-12-40-13-17(11-36)37(16)22-18-9-31-35-20(18)33-21(34-22)19(26(27,28)29)14-5-7-15(8-6-14)32-23(38)30-4/h5-9,16-17,19H,10-13H2,1-4H3,(H2,30,32,38)(H,31,33,34,35). The number of ether oxygens (including phenoxy) is 2. The molecule has 3 unspecified atom stereocenters. The molecule has 2 saturated heterocycles. The van der Waals surface area contributed by atoms with E-state index in [9.17, 15) is 22.8 Å². The van der Waals surface area contributed by atoms with Crippen molar-refractivity contribution in [1.29, 1.82) is 0 Å². The van der Waals surface area contributed by atoms with Gasteiger partial charge in [0.2, 0.25) is 0 Å². The van der Waals surface area contributed by atoms with Crippen molar-refractivity contribution in [2.24, 2.45) is 0 Å². The molecule has 12 nitrogen and oxygen atoms in total. The molecule has 3 atom stereocenters. The predicted octanol–water partition coefficient (Wildman–Crippen LogP) is 3.62. The Morgan fingerprint density at radius 2 is 1.76 bits per heavy atom. The monoisotopic (exact) mass is 576 g/mol. The van der Waals surface area contributed by atoms with E-state index in [4.69, 9.17) is 9.47 Å². The number of nitrogens with zero attached hydrogens (tertiary/aromatic N) is 5. The Bertz CT molecular complexity index is 1410. The lowest BCUT2D eigenvalue weighted by Crippen LogP contribution is -2.66. The molecule has 0 aliphatic carbocycles. The van der Waals surface area contributed by atoms with Crippen LogP contribution in [0.25, 0.3) is 11.0 Å². The molecule has 0 saturated carbocycles. The summed E-state index contributed by atoms with van der Waals surface area (Å²) in [5, 5.41) is 12.1. The summed E-state index contributed by atoms with van der Waals surface area (Å²) in [6.45, 7) is 6.33. The van der Waals surface area contributed by atoms with E-state index in [2.05, 4.69) is 30.8 Å². The fourth-order valence-electron chi connectivity index (χ4n) is 5.08. The van der Waals surface area contributed by atoms with E-state index in [1.54, 1.807) is 25.7 Å². The van der Waals surface area contributed by atoms with Crippen molar-refractivity contribution >= 4 is 34.7 Å². The largest absolute Gasteiger partial charge is 0.444 e. The molecule has 3 N–H and O–H groups in total. The van der Waals surface area contributed by atoms with Gasteiger partial charge in [0.05, 0.1) is 36.9 Å². The summed E-state index contributed by atoms with van der Waals surface area (Å²) in [5.41, 5.74) is -0.280. The SMILES string of the molecule is CNC(=O)Nc1ccc(C(c2nc(N3C4COCC3CN(C(=O)OC(C)(C)C)C4)c3cn[nH]c3n2)C(F)(F)F)cc1. The number of hydrogen-bond donors (Lipinski definition) is 3. The lowest BCUT2D eigenvalue weighted by Gasteiger charge is -2.50. The van der Waals surface area contributed by atoms with Crippen LogP contribution in [0.1, 0.15) is 38.1 Å². The molecule has 1 aromatic carbocycles. The molecule has 2 fully saturated rings. The number of carbonyl (C=O) groups excluding carboxylic acids is 2. The van der Waals surface area contributed by atoms with E-state index in [0.29, 0.717) is 11.1 Å². The minimum Gasteiger partial charge on any atom is -0.444 e. The molecule has 15 heteroatoms. The van der Waals surface area contributed by atoms with Crippen molar-refractivity contribution in [1.82, 2.24) is 30.4 Å². The molecular weight excluding hydrogens is 545 g/mol. The number of benzene rings is 1. The van der Waals surface area contributed by atoms with Crippen LogP contribution >= 0.6 is 0 Å². The Labute approximate surface area is 233 Å². The van der Waals surface area contributed by atoms with Gasteiger partial charge in [-0.2, -0.15) is 18.3 Å². The molecule has 2 aromatic heterocycles. The Morgan fingerprint density at radius 1 is 1.10 bits per heavy atom. The number of morpholine rings is 1. The number of anilines is 2. The second-order valence-corrected chi connectivity index (χ2v) is 11.0. The molecule has 3 amide bonds. The number of nitrogens with one attached hydrogen (secondary N) is 3. The van der Waals surface area contributed by atoms with Gasteiger partial charge in [-0.3, -0.25) is 5.10 Å². The molecule has 2 aliphatic heterocycles. The molecule has 41 heavy (non-hydrogen) atoms. The lowest BCUT2D eigenvalue weighted by atomic mass is 9.97. The van der Waals surface area contributed by atoms with Crippen LogP contribution < -0.4 is 15.5 Å². The first-order valence-electron chi connectivity index (χ1n) is 13.0. The van der Waals surface area contributed by atoms with Gasteiger partial charge in [0.15, 0.2) is 5.65 Å². The number of aromatic amines is 1. The number of piperazine rings is 1. The van der Waals surface area contributed by atoms with Crippen molar-refractivity contribution in [2.75, 3.05) is 43.6 Å². The van der Waals surface area contributed by atoms with Gasteiger partial charge in [-0.15, -0.1) is 0 Å². The van der Waals surface area contributed by atoms with Gasteiger partial charge >= 0.3 is 18.3 Å². The van der Waals surface area contributed by atoms with Gasteiger partial charge in [-0.05, 0) is 38.5 Å². The van der Waals surface area contributed by atoms with Gasteiger partial charge in [-0.25, -0.2) is 19.6 Å². The number of aromatic nitrogens is 4. The zero-order chi connectivity index (χ0) is 29.5. The summed E-state index contributed by atoms with van der Waals surface area (Å²) < 4.78 is 55.1. The number of amides is 3. The van der Waals surface area contributed by atoms with E-state index in [0.717, 1.165) is 0 Å². The smallest absolute Gasteiger partial charge is 0.410 e. The third-order valence-electron chi connectivity index (χ3n) is 6.79. The zero-order valence-corrected chi connectivity index (χ0v) is 23.0. The van der Waals surface area contributed by atoms with Gasteiger partial charge < -0.3 is 29.9 Å². The molecule has 3 aromatic rings. The molecule has 220 valence electrons.